The lowest BCUT2D eigenvalue weighted by atomic mass is 10.1. The average Bonchev–Trinajstić information content (AvgIpc) is 2.35. The molecule has 1 unspecified atom stereocenters. The lowest BCUT2D eigenvalue weighted by Crippen LogP contribution is -2.12. The van der Waals surface area contributed by atoms with E-state index in [4.69, 9.17) is 9.47 Å². The summed E-state index contributed by atoms with van der Waals surface area (Å²) < 4.78 is 10.4. The fraction of sp³-hybridized carbons (Fsp3) is 0.400. The molecule has 0 N–H and O–H groups in total. The van der Waals surface area contributed by atoms with Crippen LogP contribution in [0.4, 0.5) is 0 Å². The van der Waals surface area contributed by atoms with Crippen LogP contribution in [0.2, 0.25) is 0 Å². The third-order valence-electron chi connectivity index (χ3n) is 2.31. The third kappa shape index (κ3) is 5.13. The first-order valence-corrected chi connectivity index (χ1v) is 5.96. The summed E-state index contributed by atoms with van der Waals surface area (Å²) in [5, 5.41) is 0. The monoisotopic (exact) mass is 246 g/mol. The minimum Gasteiger partial charge on any atom is -0.353 e. The molecule has 0 heterocycles. The summed E-state index contributed by atoms with van der Waals surface area (Å²) in [7, 11) is 0. The fourth-order valence-corrected chi connectivity index (χ4v) is 1.34. The minimum absolute atomic E-state index is 0.192. The number of rotatable bonds is 5. The molecular formula is C15H18O3. The molecule has 18 heavy (non-hydrogen) atoms. The van der Waals surface area contributed by atoms with Crippen LogP contribution in [0.1, 0.15) is 29.8 Å². The molecule has 1 atom stereocenters. The Kier molecular flexibility index (Phi) is 6.13. The molecule has 3 heteroatoms. The van der Waals surface area contributed by atoms with Gasteiger partial charge in [0.1, 0.15) is 6.61 Å². The summed E-state index contributed by atoms with van der Waals surface area (Å²) in [4.78, 5) is 11.7. The Labute approximate surface area is 108 Å². The van der Waals surface area contributed by atoms with Crippen molar-refractivity contribution in [1.82, 2.24) is 0 Å². The second-order valence-corrected chi connectivity index (χ2v) is 3.83. The fourth-order valence-electron chi connectivity index (χ4n) is 1.34. The Bertz CT molecular complexity index is 437. The van der Waals surface area contributed by atoms with E-state index >= 15 is 0 Å². The van der Waals surface area contributed by atoms with Crippen LogP contribution in [0.25, 0.3) is 0 Å². The first kappa shape index (κ1) is 14.4. The first-order valence-electron chi connectivity index (χ1n) is 5.96. The van der Waals surface area contributed by atoms with Crippen LogP contribution in [-0.2, 0) is 9.47 Å². The molecule has 0 bridgehead atoms. The van der Waals surface area contributed by atoms with Crippen LogP contribution in [0.5, 0.6) is 0 Å². The third-order valence-corrected chi connectivity index (χ3v) is 2.31. The molecule has 0 aliphatic carbocycles. The van der Waals surface area contributed by atoms with Gasteiger partial charge in [-0.15, -0.1) is 0 Å². The van der Waals surface area contributed by atoms with Crippen molar-refractivity contribution >= 4 is 5.78 Å². The highest BCUT2D eigenvalue weighted by Gasteiger charge is 2.01. The zero-order valence-corrected chi connectivity index (χ0v) is 11.0. The van der Waals surface area contributed by atoms with E-state index in [0.29, 0.717) is 12.2 Å². The Morgan fingerprint density at radius 1 is 1.28 bits per heavy atom. The van der Waals surface area contributed by atoms with Crippen molar-refractivity contribution in [3.63, 3.8) is 0 Å². The van der Waals surface area contributed by atoms with Gasteiger partial charge in [-0.1, -0.05) is 35.7 Å². The van der Waals surface area contributed by atoms with Crippen molar-refractivity contribution in [2.24, 2.45) is 0 Å². The average molecular weight is 246 g/mol. The Hall–Kier alpha value is -1.63. The summed E-state index contributed by atoms with van der Waals surface area (Å²) >= 11 is 0. The van der Waals surface area contributed by atoms with Gasteiger partial charge in [0.05, 0.1) is 0 Å². The maximum Gasteiger partial charge on any atom is 0.235 e. The largest absolute Gasteiger partial charge is 0.353 e. The summed E-state index contributed by atoms with van der Waals surface area (Å²) in [6, 6.07) is 7.33. The number of carbonyl (C=O) groups excluding carboxylic acids is 1. The maximum atomic E-state index is 11.7. The first-order chi connectivity index (χ1) is 8.63. The van der Waals surface area contributed by atoms with E-state index in [1.165, 1.54) is 0 Å². The van der Waals surface area contributed by atoms with Gasteiger partial charge >= 0.3 is 0 Å². The number of hydrogen-bond donors (Lipinski definition) is 0. The van der Waals surface area contributed by atoms with Crippen LogP contribution < -0.4 is 0 Å². The minimum atomic E-state index is -0.293. The molecule has 0 fully saturated rings. The highest BCUT2D eigenvalue weighted by Crippen LogP contribution is 2.03. The van der Waals surface area contributed by atoms with Gasteiger partial charge < -0.3 is 9.47 Å². The van der Waals surface area contributed by atoms with Crippen LogP contribution >= 0.6 is 0 Å². The normalized spacial score (nSPS) is 11.5. The molecule has 96 valence electrons. The molecule has 0 aliphatic heterocycles. The van der Waals surface area contributed by atoms with E-state index in [1.807, 2.05) is 26.0 Å². The summed E-state index contributed by atoms with van der Waals surface area (Å²) in [5.74, 6) is 5.04. The van der Waals surface area contributed by atoms with E-state index in [2.05, 4.69) is 11.8 Å². The summed E-state index contributed by atoms with van der Waals surface area (Å²) in [5.41, 5.74) is 1.72. The molecule has 1 aromatic carbocycles. The molecule has 1 rings (SSSR count). The van der Waals surface area contributed by atoms with E-state index in [9.17, 15) is 4.79 Å². The Morgan fingerprint density at radius 2 is 1.94 bits per heavy atom. The Balaban J connectivity index is 2.43. The number of benzene rings is 1. The predicted molar refractivity (Wildman–Crippen MR) is 70.3 cm³/mol. The molecule has 0 spiro atoms. The van der Waals surface area contributed by atoms with Gasteiger partial charge in [-0.05, 0) is 26.7 Å². The smallest absolute Gasteiger partial charge is 0.235 e. The molecule has 0 amide bonds. The van der Waals surface area contributed by atoms with E-state index in [1.54, 1.807) is 19.1 Å². The predicted octanol–water partition coefficient (Wildman–Crippen LogP) is 2.58. The SMILES string of the molecule is CCOC(C)OCC#CC(=O)c1ccc(C)cc1. The summed E-state index contributed by atoms with van der Waals surface area (Å²) in [6.45, 7) is 6.46. The Morgan fingerprint density at radius 3 is 2.56 bits per heavy atom. The molecule has 1 aromatic rings. The molecule has 0 radical (unpaired) electrons. The molecule has 0 saturated heterocycles. The number of ketones is 1. The van der Waals surface area contributed by atoms with Crippen molar-refractivity contribution in [1.29, 1.82) is 0 Å². The number of aryl methyl sites for hydroxylation is 1. The van der Waals surface area contributed by atoms with Crippen LogP contribution in [-0.4, -0.2) is 25.3 Å². The number of Topliss-reactive ketones (excluding diaryl/α,β-unsaturated/α-hetero) is 1. The van der Waals surface area contributed by atoms with E-state index < -0.39 is 0 Å². The van der Waals surface area contributed by atoms with Crippen molar-refractivity contribution in [3.8, 4) is 11.8 Å². The second-order valence-electron chi connectivity index (χ2n) is 3.83. The quantitative estimate of drug-likeness (QED) is 0.347. The standard InChI is InChI=1S/C15H18O3/c1-4-17-13(3)18-11-5-6-15(16)14-9-7-12(2)8-10-14/h7-10,13H,4,11H2,1-3H3. The van der Waals surface area contributed by atoms with Crippen molar-refractivity contribution in [2.45, 2.75) is 27.1 Å². The van der Waals surface area contributed by atoms with Gasteiger partial charge in [0.2, 0.25) is 5.78 Å². The zero-order valence-electron chi connectivity index (χ0n) is 11.0. The molecule has 0 aliphatic rings. The molecular weight excluding hydrogens is 228 g/mol. The highest BCUT2D eigenvalue weighted by molar-refractivity contribution is 6.08. The van der Waals surface area contributed by atoms with Gasteiger partial charge in [-0.25, -0.2) is 0 Å². The van der Waals surface area contributed by atoms with Crippen LogP contribution in [0.15, 0.2) is 24.3 Å². The van der Waals surface area contributed by atoms with E-state index in [-0.39, 0.29) is 18.7 Å². The number of carbonyl (C=O) groups is 1. The van der Waals surface area contributed by atoms with Crippen LogP contribution in [0, 0.1) is 18.8 Å². The lowest BCUT2D eigenvalue weighted by molar-refractivity contribution is -0.117. The van der Waals surface area contributed by atoms with Gasteiger partial charge in [0.15, 0.2) is 6.29 Å². The van der Waals surface area contributed by atoms with Gasteiger partial charge in [-0.3, -0.25) is 4.79 Å². The van der Waals surface area contributed by atoms with Crippen LogP contribution in [0.3, 0.4) is 0 Å². The van der Waals surface area contributed by atoms with Gasteiger partial charge in [0.25, 0.3) is 0 Å². The topological polar surface area (TPSA) is 35.5 Å². The van der Waals surface area contributed by atoms with Crippen molar-refractivity contribution in [2.75, 3.05) is 13.2 Å². The molecule has 0 saturated carbocycles. The maximum absolute atomic E-state index is 11.7. The summed E-state index contributed by atoms with van der Waals surface area (Å²) in [6.07, 6.45) is -0.293. The highest BCUT2D eigenvalue weighted by atomic mass is 16.7. The number of hydrogen-bond acceptors (Lipinski definition) is 3. The second kappa shape index (κ2) is 7.65. The van der Waals surface area contributed by atoms with Gasteiger partial charge in [0, 0.05) is 12.2 Å². The van der Waals surface area contributed by atoms with Gasteiger partial charge in [-0.2, -0.15) is 0 Å². The number of ether oxygens (including phenoxy) is 2. The van der Waals surface area contributed by atoms with E-state index in [0.717, 1.165) is 5.56 Å². The molecule has 0 aromatic heterocycles. The van der Waals surface area contributed by atoms with Crippen molar-refractivity contribution in [3.05, 3.63) is 35.4 Å². The molecule has 3 nitrogen and oxygen atoms in total. The zero-order chi connectivity index (χ0) is 13.4. The van der Waals surface area contributed by atoms with Crippen molar-refractivity contribution < 1.29 is 14.3 Å². The lowest BCUT2D eigenvalue weighted by Gasteiger charge is -2.09.